The molecule has 0 bridgehead atoms. The van der Waals surface area contributed by atoms with Gasteiger partial charge in [-0.1, -0.05) is 130 Å². The smallest absolute Gasteiger partial charge is 0.462 e. The van der Waals surface area contributed by atoms with E-state index in [1.54, 1.807) is 0 Å². The lowest BCUT2D eigenvalue weighted by molar-refractivity contribution is -0.161. The molecule has 0 radical (unpaired) electrons. The van der Waals surface area contributed by atoms with Crippen molar-refractivity contribution >= 4 is 19.8 Å². The van der Waals surface area contributed by atoms with Crippen molar-refractivity contribution in [3.05, 3.63) is 109 Å². The number of aliphatic hydroxyl groups excluding tert-OH is 2. The van der Waals surface area contributed by atoms with E-state index in [1.807, 2.05) is 91.1 Å². The lowest BCUT2D eigenvalue weighted by Gasteiger charge is -2.20. The zero-order valence-corrected chi connectivity index (χ0v) is 30.0. The second kappa shape index (κ2) is 33.1. The number of aliphatic hydroxyl groups is 2. The Kier molecular flexibility index (Phi) is 30.9. The molecule has 2 unspecified atom stereocenters. The van der Waals surface area contributed by atoms with Crippen LogP contribution in [0.1, 0.15) is 78.1 Å². The van der Waals surface area contributed by atoms with Crippen molar-refractivity contribution in [2.24, 2.45) is 0 Å². The molecule has 0 fully saturated rings. The van der Waals surface area contributed by atoms with E-state index in [4.69, 9.17) is 19.1 Å². The van der Waals surface area contributed by atoms with Crippen molar-refractivity contribution in [2.75, 3.05) is 26.4 Å². The number of carbonyl (C=O) groups excluding carboxylic acids is 2. The number of unbranched alkanes of at least 4 members (excludes halogenated alkanes) is 4. The van der Waals surface area contributed by atoms with E-state index < -0.39 is 51.8 Å². The van der Waals surface area contributed by atoms with Gasteiger partial charge in [-0.05, 0) is 44.9 Å². The van der Waals surface area contributed by atoms with Crippen molar-refractivity contribution in [1.82, 2.24) is 0 Å². The third-order valence-electron chi connectivity index (χ3n) is 6.15. The summed E-state index contributed by atoms with van der Waals surface area (Å²) in [6, 6.07) is 0. The quantitative estimate of drug-likeness (QED) is 0.0304. The zero-order valence-electron chi connectivity index (χ0n) is 29.1. The first-order chi connectivity index (χ1) is 23.7. The Hall–Kier alpha value is -3.37. The summed E-state index contributed by atoms with van der Waals surface area (Å²) in [5.41, 5.74) is 0. The summed E-state index contributed by atoms with van der Waals surface area (Å²) in [6.45, 7) is 1.89. The molecule has 0 aliphatic rings. The second-order valence-corrected chi connectivity index (χ2v) is 12.1. The van der Waals surface area contributed by atoms with E-state index in [9.17, 15) is 24.2 Å². The van der Waals surface area contributed by atoms with Crippen molar-refractivity contribution < 1.29 is 47.8 Å². The van der Waals surface area contributed by atoms with E-state index in [1.165, 1.54) is 0 Å². The lowest BCUT2D eigenvalue weighted by atomic mass is 10.1. The molecule has 11 heteroatoms. The van der Waals surface area contributed by atoms with Gasteiger partial charge >= 0.3 is 19.8 Å². The largest absolute Gasteiger partial charge is 0.472 e. The van der Waals surface area contributed by atoms with Gasteiger partial charge in [0.1, 0.15) is 12.7 Å². The highest BCUT2D eigenvalue weighted by Gasteiger charge is 2.27. The van der Waals surface area contributed by atoms with Crippen molar-refractivity contribution in [2.45, 2.75) is 90.3 Å². The maximum absolute atomic E-state index is 12.5. The summed E-state index contributed by atoms with van der Waals surface area (Å²) >= 11 is 0. The molecule has 3 N–H and O–H groups in total. The van der Waals surface area contributed by atoms with E-state index in [0.29, 0.717) is 19.3 Å². The summed E-state index contributed by atoms with van der Waals surface area (Å²) < 4.78 is 32.3. The maximum atomic E-state index is 12.5. The SMILES string of the molecule is CC/C=C/C=C/C=C/C=C/C=C/CCCC(=O)OC(COC(=O)CCCCC/C=C/C=C/C=C/C=C/CC)COP(=O)(O)OC[C@@H](O)CO. The highest BCUT2D eigenvalue weighted by Crippen LogP contribution is 2.43. The van der Waals surface area contributed by atoms with Gasteiger partial charge in [0.15, 0.2) is 6.10 Å². The standard InChI is InChI=1S/C38H57O10P/c1-3-5-7-9-11-13-15-17-19-21-23-25-27-29-37(41)45-33-36(34-47-49(43,44)46-32-35(40)31-39)48-38(42)30-28-26-24-22-20-18-16-14-12-10-8-6-4-2/h5-20,22,24,35-36,39-40H,3-4,21,23,25-34H2,1-2H3,(H,43,44)/b7-5+,8-6+,11-9+,12-10+,15-13+,16-14+,19-17+,20-18+,24-22+/t35-,36?/m0/s1. The zero-order chi connectivity index (χ0) is 36.3. The van der Waals surface area contributed by atoms with Crippen molar-refractivity contribution in [1.29, 1.82) is 0 Å². The fraction of sp³-hybridized carbons (Fsp3) is 0.474. The van der Waals surface area contributed by atoms with Gasteiger partial charge in [-0.25, -0.2) is 4.57 Å². The first-order valence-corrected chi connectivity index (χ1v) is 18.5. The molecule has 0 aromatic heterocycles. The predicted octanol–water partition coefficient (Wildman–Crippen LogP) is 7.87. The molecule has 0 aromatic carbocycles. The van der Waals surface area contributed by atoms with Gasteiger partial charge in [-0.2, -0.15) is 0 Å². The second-order valence-electron chi connectivity index (χ2n) is 10.6. The Bertz CT molecular complexity index is 1180. The van der Waals surface area contributed by atoms with Gasteiger partial charge < -0.3 is 24.6 Å². The van der Waals surface area contributed by atoms with Gasteiger partial charge in [0.05, 0.1) is 19.8 Å². The Labute approximate surface area is 293 Å². The van der Waals surface area contributed by atoms with Crippen LogP contribution in [0.2, 0.25) is 0 Å². The number of hydrogen-bond donors (Lipinski definition) is 3. The molecule has 0 amide bonds. The van der Waals surface area contributed by atoms with Crippen LogP contribution in [0.15, 0.2) is 109 Å². The topological polar surface area (TPSA) is 149 Å². The Balaban J connectivity index is 4.67. The van der Waals surface area contributed by atoms with Gasteiger partial charge in [0.25, 0.3) is 0 Å². The van der Waals surface area contributed by atoms with Crippen LogP contribution in [-0.2, 0) is 32.7 Å². The van der Waals surface area contributed by atoms with Crippen LogP contribution in [0, 0.1) is 0 Å². The molecule has 10 nitrogen and oxygen atoms in total. The molecule has 0 spiro atoms. The minimum absolute atomic E-state index is 0.0711. The molecule has 0 saturated heterocycles. The molecule has 0 aromatic rings. The summed E-state index contributed by atoms with van der Waals surface area (Å²) in [6.07, 6.45) is 39.4. The number of phosphoric acid groups is 1. The van der Waals surface area contributed by atoms with Crippen LogP contribution < -0.4 is 0 Å². The minimum Gasteiger partial charge on any atom is -0.462 e. The normalized spacial score (nSPS) is 15.4. The fourth-order valence-corrected chi connectivity index (χ4v) is 4.35. The minimum atomic E-state index is -4.64. The van der Waals surface area contributed by atoms with Gasteiger partial charge in [0, 0.05) is 12.8 Å². The van der Waals surface area contributed by atoms with Crippen LogP contribution in [0.4, 0.5) is 0 Å². The molecule has 0 aliphatic carbocycles. The number of carbonyl (C=O) groups is 2. The highest BCUT2D eigenvalue weighted by atomic mass is 31.2. The van der Waals surface area contributed by atoms with Crippen molar-refractivity contribution in [3.8, 4) is 0 Å². The summed E-state index contributed by atoms with van der Waals surface area (Å²) in [4.78, 5) is 34.7. The van der Waals surface area contributed by atoms with E-state index in [-0.39, 0.29) is 19.4 Å². The first kappa shape index (κ1) is 45.6. The van der Waals surface area contributed by atoms with Crippen LogP contribution in [0.5, 0.6) is 0 Å². The number of hydrogen-bond acceptors (Lipinski definition) is 9. The Morgan fingerprint density at radius 3 is 1.61 bits per heavy atom. The third kappa shape index (κ3) is 32.9. The summed E-state index contributed by atoms with van der Waals surface area (Å²) in [5.74, 6) is -1.08. The first-order valence-electron chi connectivity index (χ1n) is 17.0. The molecule has 0 aliphatic heterocycles. The number of esters is 2. The molecule has 0 rings (SSSR count). The number of ether oxygens (including phenoxy) is 2. The van der Waals surface area contributed by atoms with Gasteiger partial charge in [-0.3, -0.25) is 18.6 Å². The predicted molar refractivity (Wildman–Crippen MR) is 195 cm³/mol. The third-order valence-corrected chi connectivity index (χ3v) is 7.10. The molecule has 0 saturated carbocycles. The fourth-order valence-electron chi connectivity index (χ4n) is 3.56. The monoisotopic (exact) mass is 704 g/mol. The Morgan fingerprint density at radius 2 is 1.08 bits per heavy atom. The van der Waals surface area contributed by atoms with Crippen LogP contribution in [0.3, 0.4) is 0 Å². The molecule has 49 heavy (non-hydrogen) atoms. The van der Waals surface area contributed by atoms with E-state index in [0.717, 1.165) is 32.1 Å². The molecular weight excluding hydrogens is 647 g/mol. The van der Waals surface area contributed by atoms with Crippen LogP contribution in [-0.4, -0.2) is 65.7 Å². The Morgan fingerprint density at radius 1 is 0.612 bits per heavy atom. The van der Waals surface area contributed by atoms with E-state index >= 15 is 0 Å². The molecular formula is C38H57O10P. The summed E-state index contributed by atoms with van der Waals surface area (Å²) in [7, 11) is -4.64. The lowest BCUT2D eigenvalue weighted by Crippen LogP contribution is -2.29. The van der Waals surface area contributed by atoms with Crippen molar-refractivity contribution in [3.63, 3.8) is 0 Å². The van der Waals surface area contributed by atoms with Gasteiger partial charge in [0.2, 0.25) is 0 Å². The highest BCUT2D eigenvalue weighted by molar-refractivity contribution is 7.47. The van der Waals surface area contributed by atoms with Crippen LogP contribution in [0.25, 0.3) is 0 Å². The molecule has 0 heterocycles. The number of allylic oxidation sites excluding steroid dienone is 18. The number of phosphoric ester groups is 1. The van der Waals surface area contributed by atoms with E-state index in [2.05, 4.69) is 36.6 Å². The van der Waals surface area contributed by atoms with Crippen LogP contribution >= 0.6 is 7.82 Å². The molecule has 274 valence electrons. The average molecular weight is 705 g/mol. The summed E-state index contributed by atoms with van der Waals surface area (Å²) in [5, 5.41) is 18.2. The maximum Gasteiger partial charge on any atom is 0.472 e. The number of rotatable bonds is 29. The van der Waals surface area contributed by atoms with Gasteiger partial charge in [-0.15, -0.1) is 0 Å². The average Bonchev–Trinajstić information content (AvgIpc) is 3.09. The molecule has 3 atom stereocenters.